The molecule has 1 saturated carbocycles. The second-order valence-electron chi connectivity index (χ2n) is 7.62. The molecular formula is C22H18ClN5O3S. The lowest BCUT2D eigenvalue weighted by Crippen LogP contribution is -2.35. The Bertz CT molecular complexity index is 1330. The van der Waals surface area contributed by atoms with E-state index in [2.05, 4.69) is 20.7 Å². The van der Waals surface area contributed by atoms with Gasteiger partial charge in [0.2, 0.25) is 0 Å². The predicted octanol–water partition coefficient (Wildman–Crippen LogP) is 3.53. The normalized spacial score (nSPS) is 14.3. The highest BCUT2D eigenvalue weighted by Crippen LogP contribution is 2.35. The Kier molecular flexibility index (Phi) is 5.16. The van der Waals surface area contributed by atoms with Crippen LogP contribution in [0.5, 0.6) is 0 Å². The molecule has 0 saturated heterocycles. The van der Waals surface area contributed by atoms with Crippen LogP contribution in [0.25, 0.3) is 16.7 Å². The highest BCUT2D eigenvalue weighted by molar-refractivity contribution is 7.07. The van der Waals surface area contributed by atoms with Gasteiger partial charge in [-0.1, -0.05) is 23.7 Å². The Balaban J connectivity index is 1.37. The largest absolute Gasteiger partial charge is 0.380 e. The van der Waals surface area contributed by atoms with Crippen molar-refractivity contribution in [3.05, 3.63) is 69.6 Å². The van der Waals surface area contributed by atoms with Gasteiger partial charge >= 0.3 is 0 Å². The second kappa shape index (κ2) is 8.01. The first kappa shape index (κ1) is 20.6. The van der Waals surface area contributed by atoms with Gasteiger partial charge in [-0.05, 0) is 42.7 Å². The van der Waals surface area contributed by atoms with Gasteiger partial charge in [-0.25, -0.2) is 9.67 Å². The number of rotatable bonds is 6. The highest BCUT2D eigenvalue weighted by Gasteiger charge is 2.47. The summed E-state index contributed by atoms with van der Waals surface area (Å²) in [6, 6.07) is 10.5. The van der Waals surface area contributed by atoms with E-state index in [-0.39, 0.29) is 18.0 Å². The molecule has 10 heteroatoms. The van der Waals surface area contributed by atoms with Crippen LogP contribution in [0.4, 0.5) is 5.69 Å². The summed E-state index contributed by atoms with van der Waals surface area (Å²) in [7, 11) is 0. The fourth-order valence-electron chi connectivity index (χ4n) is 3.39. The summed E-state index contributed by atoms with van der Waals surface area (Å²) < 4.78 is 1.71. The molecule has 1 aliphatic rings. The monoisotopic (exact) mass is 467 g/mol. The van der Waals surface area contributed by atoms with E-state index in [1.54, 1.807) is 40.7 Å². The smallest absolute Gasteiger partial charge is 0.257 e. The number of carbonyl (C=O) groups is 2. The summed E-state index contributed by atoms with van der Waals surface area (Å²) in [5, 5.41) is 22.8. The SMILES string of the molecule is O=C(Nc1cccc2c1cnn2-c1cscn1)c1cc(CNC(=O)C2(O)CC2)ccc1Cl. The molecule has 2 aromatic carbocycles. The first-order valence-corrected chi connectivity index (χ1v) is 11.2. The maximum atomic E-state index is 13.0. The van der Waals surface area contributed by atoms with Gasteiger partial charge in [0, 0.05) is 17.3 Å². The van der Waals surface area contributed by atoms with E-state index < -0.39 is 11.5 Å². The van der Waals surface area contributed by atoms with E-state index in [0.29, 0.717) is 34.9 Å². The molecule has 32 heavy (non-hydrogen) atoms. The maximum absolute atomic E-state index is 13.0. The number of benzene rings is 2. The minimum absolute atomic E-state index is 0.189. The molecule has 4 aromatic rings. The van der Waals surface area contributed by atoms with Gasteiger partial charge in [-0.3, -0.25) is 9.59 Å². The first-order chi connectivity index (χ1) is 15.4. The fraction of sp³-hybridized carbons (Fsp3) is 0.182. The standard InChI is InChI=1S/C22H18ClN5O3S/c23-16-5-4-13(9-24-21(30)22(31)6-7-22)8-14(16)20(29)27-17-2-1-3-18-15(17)10-26-28(18)19-11-32-12-25-19/h1-5,8,10-12,31H,6-7,9H2,(H,24,30)(H,27,29). The molecule has 0 spiro atoms. The van der Waals surface area contributed by atoms with Crippen molar-refractivity contribution in [1.29, 1.82) is 0 Å². The average molecular weight is 468 g/mol. The summed E-state index contributed by atoms with van der Waals surface area (Å²) in [4.78, 5) is 29.3. The molecular weight excluding hydrogens is 450 g/mol. The van der Waals surface area contributed by atoms with Crippen molar-refractivity contribution in [1.82, 2.24) is 20.1 Å². The zero-order valence-corrected chi connectivity index (χ0v) is 18.3. The third-order valence-corrected chi connectivity index (χ3v) is 6.28. The van der Waals surface area contributed by atoms with Gasteiger partial charge < -0.3 is 15.7 Å². The number of hydrogen-bond acceptors (Lipinski definition) is 6. The molecule has 0 bridgehead atoms. The van der Waals surface area contributed by atoms with Crippen LogP contribution in [0, 0.1) is 0 Å². The molecule has 3 N–H and O–H groups in total. The Labute approximate surface area is 191 Å². The highest BCUT2D eigenvalue weighted by atomic mass is 35.5. The van der Waals surface area contributed by atoms with Crippen molar-refractivity contribution >= 4 is 51.3 Å². The number of anilines is 1. The van der Waals surface area contributed by atoms with Crippen LogP contribution < -0.4 is 10.6 Å². The average Bonchev–Trinajstić information content (AvgIpc) is 3.18. The van der Waals surface area contributed by atoms with Gasteiger partial charge in [0.1, 0.15) is 5.60 Å². The molecule has 0 aliphatic heterocycles. The number of aromatic nitrogens is 3. The zero-order valence-electron chi connectivity index (χ0n) is 16.7. The minimum atomic E-state index is -1.24. The molecule has 1 aliphatic carbocycles. The van der Waals surface area contributed by atoms with Gasteiger partial charge in [0.25, 0.3) is 11.8 Å². The minimum Gasteiger partial charge on any atom is -0.380 e. The molecule has 8 nitrogen and oxygen atoms in total. The molecule has 2 amide bonds. The third-order valence-electron chi connectivity index (χ3n) is 5.37. The lowest BCUT2D eigenvalue weighted by Gasteiger charge is -2.12. The number of nitrogens with one attached hydrogen (secondary N) is 2. The Hall–Kier alpha value is -3.27. The number of nitrogens with zero attached hydrogens (tertiary/aromatic N) is 3. The molecule has 2 heterocycles. The number of hydrogen-bond donors (Lipinski definition) is 3. The van der Waals surface area contributed by atoms with E-state index in [9.17, 15) is 14.7 Å². The lowest BCUT2D eigenvalue weighted by molar-refractivity contribution is -0.131. The van der Waals surface area contributed by atoms with Crippen LogP contribution in [0.15, 0.2) is 53.5 Å². The Morgan fingerprint density at radius 2 is 2.09 bits per heavy atom. The Morgan fingerprint density at radius 1 is 1.25 bits per heavy atom. The van der Waals surface area contributed by atoms with Crippen molar-refractivity contribution in [3.8, 4) is 5.82 Å². The van der Waals surface area contributed by atoms with E-state index in [4.69, 9.17) is 11.6 Å². The van der Waals surface area contributed by atoms with Gasteiger partial charge in [-0.15, -0.1) is 11.3 Å². The van der Waals surface area contributed by atoms with Gasteiger partial charge in [0.15, 0.2) is 5.82 Å². The topological polar surface area (TPSA) is 109 Å². The van der Waals surface area contributed by atoms with Crippen LogP contribution in [-0.4, -0.2) is 37.3 Å². The van der Waals surface area contributed by atoms with Crippen LogP contribution >= 0.6 is 22.9 Å². The number of aliphatic hydroxyl groups is 1. The fourth-order valence-corrected chi connectivity index (χ4v) is 4.11. The predicted molar refractivity (Wildman–Crippen MR) is 122 cm³/mol. The summed E-state index contributed by atoms with van der Waals surface area (Å²) >= 11 is 7.76. The Morgan fingerprint density at radius 3 is 2.84 bits per heavy atom. The molecule has 1 fully saturated rings. The lowest BCUT2D eigenvalue weighted by atomic mass is 10.1. The number of halogens is 1. The van der Waals surface area contributed by atoms with Crippen molar-refractivity contribution in [2.24, 2.45) is 0 Å². The summed E-state index contributed by atoms with van der Waals surface area (Å²) in [5.74, 6) is -0.0673. The molecule has 2 aromatic heterocycles. The van der Waals surface area contributed by atoms with E-state index >= 15 is 0 Å². The number of thiazole rings is 1. The van der Waals surface area contributed by atoms with E-state index in [1.165, 1.54) is 11.3 Å². The van der Waals surface area contributed by atoms with Crippen LogP contribution in [0.2, 0.25) is 5.02 Å². The molecule has 0 radical (unpaired) electrons. The van der Waals surface area contributed by atoms with Crippen LogP contribution in [0.3, 0.4) is 0 Å². The molecule has 0 atom stereocenters. The van der Waals surface area contributed by atoms with Gasteiger partial charge in [-0.2, -0.15) is 5.10 Å². The number of carbonyl (C=O) groups excluding carboxylic acids is 2. The third kappa shape index (κ3) is 3.86. The summed E-state index contributed by atoms with van der Waals surface area (Å²) in [6.45, 7) is 0.189. The second-order valence-corrected chi connectivity index (χ2v) is 8.75. The molecule has 162 valence electrons. The number of fused-ring (bicyclic) bond motifs is 1. The quantitative estimate of drug-likeness (QED) is 0.402. The van der Waals surface area contributed by atoms with Crippen molar-refractivity contribution in [3.63, 3.8) is 0 Å². The van der Waals surface area contributed by atoms with Gasteiger partial charge in [0.05, 0.1) is 33.5 Å². The maximum Gasteiger partial charge on any atom is 0.257 e. The van der Waals surface area contributed by atoms with Crippen molar-refractivity contribution in [2.45, 2.75) is 25.0 Å². The number of amides is 2. The van der Waals surface area contributed by atoms with Crippen LogP contribution in [-0.2, 0) is 11.3 Å². The zero-order chi connectivity index (χ0) is 22.3. The first-order valence-electron chi connectivity index (χ1n) is 9.90. The summed E-state index contributed by atoms with van der Waals surface area (Å²) in [5.41, 5.74) is 2.89. The molecule has 0 unspecified atom stereocenters. The van der Waals surface area contributed by atoms with Crippen LogP contribution in [0.1, 0.15) is 28.8 Å². The van der Waals surface area contributed by atoms with E-state index in [0.717, 1.165) is 10.9 Å². The van der Waals surface area contributed by atoms with E-state index in [1.807, 2.05) is 17.5 Å². The van der Waals surface area contributed by atoms with Crippen molar-refractivity contribution < 1.29 is 14.7 Å². The van der Waals surface area contributed by atoms with Crippen molar-refractivity contribution in [2.75, 3.05) is 5.32 Å². The summed E-state index contributed by atoms with van der Waals surface area (Å²) in [6.07, 6.45) is 2.62. The molecule has 5 rings (SSSR count).